The second-order valence-corrected chi connectivity index (χ2v) is 4.63. The number of halogens is 1. The summed E-state index contributed by atoms with van der Waals surface area (Å²) in [6.07, 6.45) is 2.03. The van der Waals surface area contributed by atoms with Gasteiger partial charge in [-0.25, -0.2) is 9.37 Å². The smallest absolute Gasteiger partial charge is 0.251 e. The van der Waals surface area contributed by atoms with Gasteiger partial charge in [0.15, 0.2) is 0 Å². The lowest BCUT2D eigenvalue weighted by Gasteiger charge is -2.04. The Kier molecular flexibility index (Phi) is 2.64. The number of H-pyrrole nitrogens is 1. The third kappa shape index (κ3) is 2.38. The summed E-state index contributed by atoms with van der Waals surface area (Å²) in [6.45, 7) is 0. The molecule has 2 aromatic rings. The van der Waals surface area contributed by atoms with E-state index in [0.29, 0.717) is 23.0 Å². The molecule has 1 saturated carbocycles. The van der Waals surface area contributed by atoms with Gasteiger partial charge in [0.05, 0.1) is 17.3 Å². The van der Waals surface area contributed by atoms with E-state index in [9.17, 15) is 9.18 Å². The van der Waals surface area contributed by atoms with Gasteiger partial charge >= 0.3 is 0 Å². The molecule has 1 aliphatic carbocycles. The van der Waals surface area contributed by atoms with Gasteiger partial charge in [0.2, 0.25) is 0 Å². The second-order valence-electron chi connectivity index (χ2n) is 4.63. The highest BCUT2D eigenvalue weighted by Crippen LogP contribution is 2.38. The monoisotopic (exact) mass is 255 g/mol. The number of rotatable bonds is 2. The van der Waals surface area contributed by atoms with Crippen molar-refractivity contribution in [1.82, 2.24) is 9.97 Å². The van der Waals surface area contributed by atoms with Gasteiger partial charge < -0.3 is 4.98 Å². The van der Waals surface area contributed by atoms with Crippen LogP contribution in [0.25, 0.3) is 11.3 Å². The molecule has 1 N–H and O–H groups in total. The molecular formula is C14H10FN3O. The van der Waals surface area contributed by atoms with Crippen LogP contribution >= 0.6 is 0 Å². The molecule has 0 aliphatic heterocycles. The number of aromatic amines is 1. The molecule has 1 aromatic heterocycles. The quantitative estimate of drug-likeness (QED) is 0.895. The SMILES string of the molecule is N#Cc1cc(F)cc(-c2cc(=O)[nH]c(C3CC3)n2)c1. The Balaban J connectivity index is 2.13. The fraction of sp³-hybridized carbons (Fsp3) is 0.214. The van der Waals surface area contributed by atoms with E-state index >= 15 is 0 Å². The summed E-state index contributed by atoms with van der Waals surface area (Å²) in [5.41, 5.74) is 0.811. The Labute approximate surface area is 108 Å². The van der Waals surface area contributed by atoms with Gasteiger partial charge in [-0.1, -0.05) is 0 Å². The number of hydrogen-bond donors (Lipinski definition) is 1. The Bertz CT molecular complexity index is 741. The Morgan fingerprint density at radius 3 is 2.79 bits per heavy atom. The van der Waals surface area contributed by atoms with Crippen molar-refractivity contribution >= 4 is 0 Å². The minimum absolute atomic E-state index is 0.213. The lowest BCUT2D eigenvalue weighted by atomic mass is 10.1. The summed E-state index contributed by atoms with van der Waals surface area (Å²) < 4.78 is 13.4. The van der Waals surface area contributed by atoms with Crippen molar-refractivity contribution < 1.29 is 4.39 Å². The van der Waals surface area contributed by atoms with Crippen LogP contribution in [0.3, 0.4) is 0 Å². The number of benzene rings is 1. The number of nitrogens with one attached hydrogen (secondary N) is 1. The summed E-state index contributed by atoms with van der Waals surface area (Å²) in [4.78, 5) is 18.6. The molecule has 0 bridgehead atoms. The first-order chi connectivity index (χ1) is 9.15. The molecule has 1 aromatic carbocycles. The van der Waals surface area contributed by atoms with Gasteiger partial charge in [0.25, 0.3) is 5.56 Å². The Hall–Kier alpha value is -2.48. The molecule has 0 unspecified atom stereocenters. The molecule has 4 nitrogen and oxygen atoms in total. The average molecular weight is 255 g/mol. The van der Waals surface area contributed by atoms with Crippen LogP contribution in [0.1, 0.15) is 30.1 Å². The third-order valence-electron chi connectivity index (χ3n) is 3.05. The van der Waals surface area contributed by atoms with Gasteiger partial charge in [0.1, 0.15) is 11.6 Å². The van der Waals surface area contributed by atoms with Crippen molar-refractivity contribution in [3.63, 3.8) is 0 Å². The van der Waals surface area contributed by atoms with E-state index in [2.05, 4.69) is 9.97 Å². The second kappa shape index (κ2) is 4.32. The summed E-state index contributed by atoms with van der Waals surface area (Å²) in [5, 5.41) is 8.84. The summed E-state index contributed by atoms with van der Waals surface area (Å²) in [6, 6.07) is 7.17. The van der Waals surface area contributed by atoms with Crippen molar-refractivity contribution in [1.29, 1.82) is 5.26 Å². The van der Waals surface area contributed by atoms with Crippen LogP contribution in [0, 0.1) is 17.1 Å². The summed E-state index contributed by atoms with van der Waals surface area (Å²) in [5.74, 6) is 0.436. The molecule has 94 valence electrons. The maximum absolute atomic E-state index is 13.4. The van der Waals surface area contributed by atoms with E-state index in [1.807, 2.05) is 6.07 Å². The topological polar surface area (TPSA) is 69.5 Å². The highest BCUT2D eigenvalue weighted by Gasteiger charge is 2.26. The Morgan fingerprint density at radius 2 is 2.11 bits per heavy atom. The molecule has 1 heterocycles. The Morgan fingerprint density at radius 1 is 1.32 bits per heavy atom. The fourth-order valence-corrected chi connectivity index (χ4v) is 1.98. The largest absolute Gasteiger partial charge is 0.310 e. The number of nitrogens with zero attached hydrogens (tertiary/aromatic N) is 2. The van der Waals surface area contributed by atoms with Gasteiger partial charge in [0, 0.05) is 17.5 Å². The van der Waals surface area contributed by atoms with Crippen LogP contribution in [-0.2, 0) is 0 Å². The van der Waals surface area contributed by atoms with Gasteiger partial charge in [-0.05, 0) is 31.0 Å². The molecule has 1 fully saturated rings. The molecule has 0 saturated heterocycles. The van der Waals surface area contributed by atoms with E-state index in [-0.39, 0.29) is 11.1 Å². The minimum atomic E-state index is -0.510. The van der Waals surface area contributed by atoms with Crippen molar-refractivity contribution in [2.75, 3.05) is 0 Å². The van der Waals surface area contributed by atoms with E-state index < -0.39 is 5.82 Å². The van der Waals surface area contributed by atoms with Crippen molar-refractivity contribution in [2.24, 2.45) is 0 Å². The predicted octanol–water partition coefficient (Wildman–Crippen LogP) is 2.33. The number of aromatic nitrogens is 2. The fourth-order valence-electron chi connectivity index (χ4n) is 1.98. The van der Waals surface area contributed by atoms with Crippen molar-refractivity contribution in [2.45, 2.75) is 18.8 Å². The van der Waals surface area contributed by atoms with Gasteiger partial charge in [-0.3, -0.25) is 4.79 Å². The minimum Gasteiger partial charge on any atom is -0.310 e. The first-order valence-corrected chi connectivity index (χ1v) is 5.98. The normalized spacial score (nSPS) is 14.1. The zero-order valence-corrected chi connectivity index (χ0v) is 9.98. The van der Waals surface area contributed by atoms with E-state index in [1.54, 1.807) is 0 Å². The zero-order chi connectivity index (χ0) is 13.4. The first kappa shape index (κ1) is 11.6. The zero-order valence-electron chi connectivity index (χ0n) is 9.98. The highest BCUT2D eigenvalue weighted by molar-refractivity contribution is 5.61. The van der Waals surface area contributed by atoms with Crippen LogP contribution in [0.2, 0.25) is 0 Å². The average Bonchev–Trinajstić information content (AvgIpc) is 3.21. The summed E-state index contributed by atoms with van der Waals surface area (Å²) in [7, 11) is 0. The molecule has 0 atom stereocenters. The molecular weight excluding hydrogens is 245 g/mol. The molecule has 0 amide bonds. The maximum Gasteiger partial charge on any atom is 0.251 e. The van der Waals surface area contributed by atoms with Crippen LogP contribution < -0.4 is 5.56 Å². The lowest BCUT2D eigenvalue weighted by molar-refractivity contribution is 0.627. The molecule has 0 radical (unpaired) electrons. The van der Waals surface area contributed by atoms with Gasteiger partial charge in [-0.15, -0.1) is 0 Å². The number of hydrogen-bond acceptors (Lipinski definition) is 3. The van der Waals surface area contributed by atoms with Crippen molar-refractivity contribution in [3.8, 4) is 17.3 Å². The van der Waals surface area contributed by atoms with Crippen LogP contribution in [0.15, 0.2) is 29.1 Å². The molecule has 19 heavy (non-hydrogen) atoms. The highest BCUT2D eigenvalue weighted by atomic mass is 19.1. The molecule has 1 aliphatic rings. The third-order valence-corrected chi connectivity index (χ3v) is 3.05. The standard InChI is InChI=1S/C14H10FN3O/c15-11-4-8(7-16)3-10(5-11)12-6-13(19)18-14(17-12)9-1-2-9/h3-6,9H,1-2H2,(H,17,18,19). The molecule has 3 rings (SSSR count). The molecule has 0 spiro atoms. The van der Waals surface area contributed by atoms with E-state index in [0.717, 1.165) is 18.9 Å². The van der Waals surface area contributed by atoms with Crippen LogP contribution in [0.4, 0.5) is 4.39 Å². The summed E-state index contributed by atoms with van der Waals surface area (Å²) >= 11 is 0. The van der Waals surface area contributed by atoms with Gasteiger partial charge in [-0.2, -0.15) is 5.26 Å². The predicted molar refractivity (Wildman–Crippen MR) is 66.9 cm³/mol. The first-order valence-electron chi connectivity index (χ1n) is 5.98. The lowest BCUT2D eigenvalue weighted by Crippen LogP contribution is -2.10. The van der Waals surface area contributed by atoms with E-state index in [1.165, 1.54) is 18.2 Å². The van der Waals surface area contributed by atoms with Crippen molar-refractivity contribution in [3.05, 3.63) is 51.8 Å². The molecule has 5 heteroatoms. The number of nitriles is 1. The maximum atomic E-state index is 13.4. The van der Waals surface area contributed by atoms with Crippen LogP contribution in [-0.4, -0.2) is 9.97 Å². The van der Waals surface area contributed by atoms with E-state index in [4.69, 9.17) is 5.26 Å². The van der Waals surface area contributed by atoms with Crippen LogP contribution in [0.5, 0.6) is 0 Å².